The molecule has 1 aliphatic rings. The van der Waals surface area contributed by atoms with Gasteiger partial charge < -0.3 is 5.11 Å². The van der Waals surface area contributed by atoms with Crippen molar-refractivity contribution in [2.75, 3.05) is 6.61 Å². The van der Waals surface area contributed by atoms with E-state index in [2.05, 4.69) is 23.7 Å². The van der Waals surface area contributed by atoms with E-state index >= 15 is 0 Å². The SMILES string of the molecule is CC1CCC(NS(=O)(=O)c2cnn(CCO)c2)C1C. The number of hydrogen-bond acceptors (Lipinski definition) is 4. The Hall–Kier alpha value is -0.920. The fraction of sp³-hybridized carbons (Fsp3) is 0.750. The number of nitrogens with one attached hydrogen (secondary N) is 1. The first kappa shape index (κ1) is 14.5. The molecule has 0 aliphatic heterocycles. The predicted molar refractivity (Wildman–Crippen MR) is 71.0 cm³/mol. The van der Waals surface area contributed by atoms with Gasteiger partial charge in [0.05, 0.1) is 19.3 Å². The largest absolute Gasteiger partial charge is 0.394 e. The molecule has 1 aromatic heterocycles. The highest BCUT2D eigenvalue weighted by atomic mass is 32.2. The quantitative estimate of drug-likeness (QED) is 0.830. The topological polar surface area (TPSA) is 84.2 Å². The third-order valence-corrected chi connectivity index (χ3v) is 5.47. The first-order valence-corrected chi connectivity index (χ1v) is 8.08. The molecule has 0 aromatic carbocycles. The molecule has 0 saturated heterocycles. The summed E-state index contributed by atoms with van der Waals surface area (Å²) >= 11 is 0. The summed E-state index contributed by atoms with van der Waals surface area (Å²) in [5.74, 6) is 0.895. The van der Waals surface area contributed by atoms with Crippen molar-refractivity contribution in [2.45, 2.75) is 44.2 Å². The predicted octanol–water partition coefficient (Wildman–Crippen LogP) is 0.588. The molecule has 1 heterocycles. The van der Waals surface area contributed by atoms with Crippen molar-refractivity contribution < 1.29 is 13.5 Å². The Kier molecular flexibility index (Phi) is 4.27. The molecule has 1 saturated carbocycles. The van der Waals surface area contributed by atoms with Gasteiger partial charge in [0, 0.05) is 12.2 Å². The zero-order valence-corrected chi connectivity index (χ0v) is 12.1. The first-order chi connectivity index (χ1) is 8.94. The van der Waals surface area contributed by atoms with Gasteiger partial charge >= 0.3 is 0 Å². The van der Waals surface area contributed by atoms with Crippen LogP contribution >= 0.6 is 0 Å². The number of nitrogens with zero attached hydrogens (tertiary/aromatic N) is 2. The van der Waals surface area contributed by atoms with Crippen molar-refractivity contribution in [3.05, 3.63) is 12.4 Å². The molecular weight excluding hydrogens is 266 g/mol. The maximum atomic E-state index is 12.2. The molecule has 2 N–H and O–H groups in total. The van der Waals surface area contributed by atoms with Crippen LogP contribution in [0.25, 0.3) is 0 Å². The summed E-state index contributed by atoms with van der Waals surface area (Å²) in [6, 6.07) is 0.00110. The van der Waals surface area contributed by atoms with Gasteiger partial charge in [-0.2, -0.15) is 5.10 Å². The van der Waals surface area contributed by atoms with Gasteiger partial charge in [-0.25, -0.2) is 13.1 Å². The van der Waals surface area contributed by atoms with Crippen molar-refractivity contribution in [1.82, 2.24) is 14.5 Å². The Labute approximate surface area is 113 Å². The molecule has 3 atom stereocenters. The Balaban J connectivity index is 2.09. The Morgan fingerprint density at radius 2 is 2.21 bits per heavy atom. The smallest absolute Gasteiger partial charge is 0.243 e. The van der Waals surface area contributed by atoms with Crippen LogP contribution in [0, 0.1) is 11.8 Å². The molecule has 1 aliphatic carbocycles. The van der Waals surface area contributed by atoms with Gasteiger partial charge in [-0.1, -0.05) is 13.8 Å². The standard InChI is InChI=1S/C12H21N3O3S/c1-9-3-4-12(10(9)2)14-19(17,18)11-7-13-15(8-11)5-6-16/h7-10,12,14,16H,3-6H2,1-2H3. The van der Waals surface area contributed by atoms with Crippen molar-refractivity contribution in [1.29, 1.82) is 0 Å². The molecule has 6 nitrogen and oxygen atoms in total. The highest BCUT2D eigenvalue weighted by Crippen LogP contribution is 2.31. The van der Waals surface area contributed by atoms with Crippen LogP contribution in [-0.4, -0.2) is 36.0 Å². The zero-order chi connectivity index (χ0) is 14.0. The second-order valence-corrected chi connectivity index (χ2v) is 7.02. The minimum absolute atomic E-state index is 0.00110. The molecule has 7 heteroatoms. The minimum Gasteiger partial charge on any atom is -0.394 e. The highest BCUT2D eigenvalue weighted by Gasteiger charge is 2.33. The Morgan fingerprint density at radius 1 is 1.47 bits per heavy atom. The zero-order valence-electron chi connectivity index (χ0n) is 11.3. The molecule has 0 amide bonds. The second-order valence-electron chi connectivity index (χ2n) is 5.30. The van der Waals surface area contributed by atoms with E-state index in [9.17, 15) is 8.42 Å². The van der Waals surface area contributed by atoms with E-state index in [1.54, 1.807) is 0 Å². The molecule has 2 rings (SSSR count). The highest BCUT2D eigenvalue weighted by molar-refractivity contribution is 7.89. The lowest BCUT2D eigenvalue weighted by molar-refractivity contribution is 0.269. The van der Waals surface area contributed by atoms with Crippen LogP contribution in [0.5, 0.6) is 0 Å². The first-order valence-electron chi connectivity index (χ1n) is 6.59. The number of aromatic nitrogens is 2. The van der Waals surface area contributed by atoms with E-state index in [1.165, 1.54) is 17.1 Å². The summed E-state index contributed by atoms with van der Waals surface area (Å²) in [6.07, 6.45) is 4.70. The van der Waals surface area contributed by atoms with Crippen molar-refractivity contribution in [2.24, 2.45) is 11.8 Å². The molecule has 3 unspecified atom stereocenters. The molecule has 0 bridgehead atoms. The van der Waals surface area contributed by atoms with Crippen molar-refractivity contribution in [3.8, 4) is 0 Å². The van der Waals surface area contributed by atoms with Crippen LogP contribution in [0.4, 0.5) is 0 Å². The summed E-state index contributed by atoms with van der Waals surface area (Å²) in [7, 11) is -3.51. The van der Waals surface area contributed by atoms with E-state index in [4.69, 9.17) is 5.11 Å². The van der Waals surface area contributed by atoms with Crippen LogP contribution in [0.2, 0.25) is 0 Å². The van der Waals surface area contributed by atoms with Crippen LogP contribution in [0.15, 0.2) is 17.3 Å². The van der Waals surface area contributed by atoms with Gasteiger partial charge in [-0.15, -0.1) is 0 Å². The van der Waals surface area contributed by atoms with Crippen molar-refractivity contribution in [3.63, 3.8) is 0 Å². The molecule has 108 valence electrons. The van der Waals surface area contributed by atoms with E-state index in [0.29, 0.717) is 18.4 Å². The van der Waals surface area contributed by atoms with Crippen LogP contribution in [-0.2, 0) is 16.6 Å². The van der Waals surface area contributed by atoms with E-state index < -0.39 is 10.0 Å². The summed E-state index contributed by atoms with van der Waals surface area (Å²) in [5.41, 5.74) is 0. The molecule has 1 fully saturated rings. The molecule has 0 spiro atoms. The normalized spacial score (nSPS) is 27.8. The van der Waals surface area contributed by atoms with E-state index in [0.717, 1.165) is 12.8 Å². The lowest BCUT2D eigenvalue weighted by Gasteiger charge is -2.19. The van der Waals surface area contributed by atoms with E-state index in [-0.39, 0.29) is 17.5 Å². The number of aliphatic hydroxyl groups is 1. The monoisotopic (exact) mass is 287 g/mol. The lowest BCUT2D eigenvalue weighted by Crippen LogP contribution is -2.37. The average molecular weight is 287 g/mol. The number of rotatable bonds is 5. The summed E-state index contributed by atoms with van der Waals surface area (Å²) in [4.78, 5) is 0.160. The maximum absolute atomic E-state index is 12.2. The summed E-state index contributed by atoms with van der Waals surface area (Å²) in [5, 5.41) is 12.7. The number of aliphatic hydroxyl groups excluding tert-OH is 1. The summed E-state index contributed by atoms with van der Waals surface area (Å²) < 4.78 is 28.7. The lowest BCUT2D eigenvalue weighted by atomic mass is 9.98. The molecular formula is C12H21N3O3S. The maximum Gasteiger partial charge on any atom is 0.243 e. The van der Waals surface area contributed by atoms with Crippen LogP contribution < -0.4 is 4.72 Å². The minimum atomic E-state index is -3.51. The Morgan fingerprint density at radius 3 is 2.79 bits per heavy atom. The van der Waals surface area contributed by atoms with Crippen molar-refractivity contribution >= 4 is 10.0 Å². The summed E-state index contributed by atoms with van der Waals surface area (Å²) in [6.45, 7) is 4.47. The van der Waals surface area contributed by atoms with E-state index in [1.807, 2.05) is 0 Å². The van der Waals surface area contributed by atoms with Crippen LogP contribution in [0.3, 0.4) is 0 Å². The molecule has 19 heavy (non-hydrogen) atoms. The molecule has 1 aromatic rings. The van der Waals surface area contributed by atoms with Gasteiger partial charge in [0.1, 0.15) is 4.90 Å². The fourth-order valence-electron chi connectivity index (χ4n) is 2.51. The number of hydrogen-bond donors (Lipinski definition) is 2. The van der Waals surface area contributed by atoms with Gasteiger partial charge in [0.25, 0.3) is 0 Å². The van der Waals surface area contributed by atoms with Gasteiger partial charge in [0.2, 0.25) is 10.0 Å². The van der Waals surface area contributed by atoms with Crippen LogP contribution in [0.1, 0.15) is 26.7 Å². The second kappa shape index (κ2) is 5.60. The third kappa shape index (κ3) is 3.16. The number of sulfonamides is 1. The third-order valence-electron chi connectivity index (χ3n) is 4.02. The molecule has 0 radical (unpaired) electrons. The average Bonchev–Trinajstić information content (AvgIpc) is 2.92. The van der Waals surface area contributed by atoms with Gasteiger partial charge in [-0.3, -0.25) is 4.68 Å². The fourth-order valence-corrected chi connectivity index (χ4v) is 3.82. The Bertz CT molecular complexity index is 526. The van der Waals surface area contributed by atoms with Gasteiger partial charge in [0.15, 0.2) is 0 Å². The van der Waals surface area contributed by atoms with Gasteiger partial charge in [-0.05, 0) is 24.7 Å².